The predicted molar refractivity (Wildman–Crippen MR) is 197 cm³/mol. The minimum atomic E-state index is -4.76. The molecule has 0 bridgehead atoms. The molecule has 3 heterocycles. The quantitative estimate of drug-likeness (QED) is 0.152. The van der Waals surface area contributed by atoms with E-state index < -0.39 is 75.4 Å². The van der Waals surface area contributed by atoms with E-state index in [9.17, 15) is 32.7 Å². The number of halogens is 7. The summed E-state index contributed by atoms with van der Waals surface area (Å²) in [6.45, 7) is 0. The predicted octanol–water partition coefficient (Wildman–Crippen LogP) is 8.72. The molecular weight excluding hydrogens is 836 g/mol. The van der Waals surface area contributed by atoms with E-state index in [4.69, 9.17) is 34.8 Å². The Morgan fingerprint density at radius 1 is 0.870 bits per heavy atom. The number of fused-ring (bicyclic) bond motifs is 4. The third-order valence-corrected chi connectivity index (χ3v) is 12.2. The standard InChI is InChI=1S/C38H25BrCl3F3N4O5/c39-19-3-12-29(50)26(14-19)31-23-10-11-24-30(35(53)48(33(24)51)22-8-6-21(41)7-9-22)25(23)15-27-34(52)49(36(54)37(27,31)17-1-4-20(40)5-2-17)47-32-28(42)13-18(16-46-32)38(43,44)45/h1-10,12-14,16,24-25,27,30-31,50H,11,15H2,(H,46,47)/t24-,25+,27-,30-,31+,37+/m0/s1. The number of anilines is 2. The van der Waals surface area contributed by atoms with E-state index in [1.165, 1.54) is 6.07 Å². The molecule has 16 heteroatoms. The first-order valence-electron chi connectivity index (χ1n) is 16.6. The average molecular weight is 861 g/mol. The molecule has 8 rings (SSSR count). The fraction of sp³-hybridized carbons (Fsp3) is 0.237. The maximum absolute atomic E-state index is 15.3. The van der Waals surface area contributed by atoms with Crippen molar-refractivity contribution in [2.75, 3.05) is 10.3 Å². The highest BCUT2D eigenvalue weighted by atomic mass is 79.9. The van der Waals surface area contributed by atoms with Crippen molar-refractivity contribution in [3.8, 4) is 5.75 Å². The van der Waals surface area contributed by atoms with Gasteiger partial charge in [-0.1, -0.05) is 74.5 Å². The molecule has 2 N–H and O–H groups in total. The summed E-state index contributed by atoms with van der Waals surface area (Å²) < 4.78 is 40.9. The van der Waals surface area contributed by atoms with Crippen molar-refractivity contribution in [1.29, 1.82) is 0 Å². The zero-order valence-electron chi connectivity index (χ0n) is 27.5. The largest absolute Gasteiger partial charge is 0.508 e. The number of imide groups is 2. The van der Waals surface area contributed by atoms with Gasteiger partial charge in [-0.15, -0.1) is 0 Å². The molecule has 9 nitrogen and oxygen atoms in total. The van der Waals surface area contributed by atoms with Crippen LogP contribution in [0.2, 0.25) is 15.1 Å². The average Bonchev–Trinajstić information content (AvgIpc) is 3.51. The normalized spacial score (nSPS) is 26.4. The van der Waals surface area contributed by atoms with Crippen molar-refractivity contribution in [2.24, 2.45) is 23.7 Å². The van der Waals surface area contributed by atoms with Crippen molar-refractivity contribution in [2.45, 2.75) is 30.4 Å². The van der Waals surface area contributed by atoms with Gasteiger partial charge in [0.2, 0.25) is 11.8 Å². The molecule has 1 saturated carbocycles. The number of benzene rings is 3. The van der Waals surface area contributed by atoms with E-state index in [0.717, 1.165) is 4.90 Å². The molecule has 2 saturated heterocycles. The van der Waals surface area contributed by atoms with E-state index in [1.807, 2.05) is 6.08 Å². The van der Waals surface area contributed by atoms with E-state index in [-0.39, 0.29) is 30.0 Å². The molecule has 0 radical (unpaired) electrons. The summed E-state index contributed by atoms with van der Waals surface area (Å²) in [5, 5.41) is 12.5. The molecule has 276 valence electrons. The van der Waals surface area contributed by atoms with Gasteiger partial charge in [0.25, 0.3) is 11.8 Å². The van der Waals surface area contributed by atoms with Gasteiger partial charge in [0, 0.05) is 32.2 Å². The highest BCUT2D eigenvalue weighted by Gasteiger charge is 2.70. The lowest BCUT2D eigenvalue weighted by atomic mass is 9.49. The number of nitrogens with one attached hydrogen (secondary N) is 1. The molecule has 3 fully saturated rings. The number of nitrogens with zero attached hydrogens (tertiary/aromatic N) is 3. The van der Waals surface area contributed by atoms with Crippen molar-refractivity contribution >= 4 is 85.9 Å². The second-order valence-corrected chi connectivity index (χ2v) is 15.8. The molecule has 1 aromatic heterocycles. The third kappa shape index (κ3) is 5.53. The third-order valence-electron chi connectivity index (χ3n) is 10.9. The SMILES string of the molecule is O=C1[C@@H]2C[C@@H]3C(=CC[C@@H]4C(=O)N(c5ccc(Cl)cc5)C(=O)[C@@H]43)[C@H](c3cc(Br)ccc3O)[C@]2(c2ccc(Cl)cc2)C(=O)N1Nc1ncc(C(F)(F)F)cc1Cl. The zero-order chi connectivity index (χ0) is 38.4. The number of aromatic hydroxyl groups is 1. The smallest absolute Gasteiger partial charge is 0.417 e. The highest BCUT2D eigenvalue weighted by Crippen LogP contribution is 2.65. The Hall–Kier alpha value is -4.43. The molecular formula is C38H25BrCl3F3N4O5. The van der Waals surface area contributed by atoms with Crippen LogP contribution in [0.5, 0.6) is 5.75 Å². The number of allylic oxidation sites excluding steroid dienone is 2. The van der Waals surface area contributed by atoms with Gasteiger partial charge in [0.1, 0.15) is 5.75 Å². The van der Waals surface area contributed by atoms with Crippen molar-refractivity contribution < 1.29 is 37.5 Å². The summed E-state index contributed by atoms with van der Waals surface area (Å²) >= 11 is 22.1. The second-order valence-electron chi connectivity index (χ2n) is 13.6. The van der Waals surface area contributed by atoms with Gasteiger partial charge in [-0.25, -0.2) is 4.98 Å². The first-order chi connectivity index (χ1) is 25.6. The molecule has 2 aliphatic heterocycles. The van der Waals surface area contributed by atoms with Crippen LogP contribution in [0.15, 0.2) is 95.1 Å². The lowest BCUT2D eigenvalue weighted by molar-refractivity contribution is -0.139. The van der Waals surface area contributed by atoms with Gasteiger partial charge in [0.15, 0.2) is 5.82 Å². The summed E-state index contributed by atoms with van der Waals surface area (Å²) in [7, 11) is 0. The summed E-state index contributed by atoms with van der Waals surface area (Å²) in [5.41, 5.74) is 1.18. The summed E-state index contributed by atoms with van der Waals surface area (Å²) in [4.78, 5) is 63.4. The van der Waals surface area contributed by atoms with E-state index in [1.54, 1.807) is 60.7 Å². The number of phenols is 1. The fourth-order valence-electron chi connectivity index (χ4n) is 8.73. The number of hydrogen-bond acceptors (Lipinski definition) is 7. The van der Waals surface area contributed by atoms with Gasteiger partial charge in [-0.2, -0.15) is 18.2 Å². The molecule has 6 atom stereocenters. The maximum atomic E-state index is 15.3. The Labute approximate surface area is 328 Å². The summed E-state index contributed by atoms with van der Waals surface area (Å²) in [6.07, 6.45) is -2.36. The minimum Gasteiger partial charge on any atom is -0.508 e. The number of carbonyl (C=O) groups excluding carboxylic acids is 4. The van der Waals surface area contributed by atoms with Crippen molar-refractivity contribution in [3.05, 3.63) is 127 Å². The molecule has 2 aliphatic carbocycles. The molecule has 0 unspecified atom stereocenters. The van der Waals surface area contributed by atoms with Crippen LogP contribution >= 0.6 is 50.7 Å². The van der Waals surface area contributed by atoms with Crippen LogP contribution in [-0.2, 0) is 30.8 Å². The van der Waals surface area contributed by atoms with Crippen LogP contribution in [0.4, 0.5) is 24.7 Å². The van der Waals surface area contributed by atoms with Crippen LogP contribution in [0.3, 0.4) is 0 Å². The number of hydrazine groups is 1. The second kappa shape index (κ2) is 13.1. The first kappa shape index (κ1) is 36.5. The van der Waals surface area contributed by atoms with Crippen LogP contribution < -0.4 is 10.3 Å². The van der Waals surface area contributed by atoms with Crippen LogP contribution in [0.1, 0.15) is 35.4 Å². The number of rotatable bonds is 5. The van der Waals surface area contributed by atoms with Crippen LogP contribution in [0.25, 0.3) is 0 Å². The number of carbonyl (C=O) groups is 4. The Morgan fingerprint density at radius 3 is 2.19 bits per heavy atom. The monoisotopic (exact) mass is 858 g/mol. The lowest BCUT2D eigenvalue weighted by Crippen LogP contribution is -2.53. The van der Waals surface area contributed by atoms with Gasteiger partial charge in [-0.3, -0.25) is 29.5 Å². The van der Waals surface area contributed by atoms with E-state index >= 15 is 4.79 Å². The number of pyridine rings is 1. The van der Waals surface area contributed by atoms with Crippen molar-refractivity contribution in [1.82, 2.24) is 9.99 Å². The number of aromatic nitrogens is 1. The Bertz CT molecular complexity index is 2310. The lowest BCUT2D eigenvalue weighted by Gasteiger charge is -2.50. The molecule has 4 aromatic rings. The molecule has 54 heavy (non-hydrogen) atoms. The Balaban J connectivity index is 1.32. The van der Waals surface area contributed by atoms with E-state index in [0.29, 0.717) is 48.6 Å². The molecule has 4 amide bonds. The summed E-state index contributed by atoms with van der Waals surface area (Å²) in [6, 6.07) is 17.9. The Morgan fingerprint density at radius 2 is 1.54 bits per heavy atom. The molecule has 4 aliphatic rings. The zero-order valence-corrected chi connectivity index (χ0v) is 31.3. The van der Waals surface area contributed by atoms with Crippen LogP contribution in [-0.4, -0.2) is 38.7 Å². The first-order valence-corrected chi connectivity index (χ1v) is 18.5. The minimum absolute atomic E-state index is 0.0781. The number of hydrogen-bond donors (Lipinski definition) is 2. The number of alkyl halides is 3. The van der Waals surface area contributed by atoms with E-state index in [2.05, 4.69) is 26.3 Å². The molecule has 3 aromatic carbocycles. The molecule has 0 spiro atoms. The topological polar surface area (TPSA) is 120 Å². The highest BCUT2D eigenvalue weighted by molar-refractivity contribution is 9.10. The summed E-state index contributed by atoms with van der Waals surface area (Å²) in [5.74, 6) is -7.85. The van der Waals surface area contributed by atoms with Crippen molar-refractivity contribution in [3.63, 3.8) is 0 Å². The van der Waals surface area contributed by atoms with Crippen LogP contribution in [0, 0.1) is 23.7 Å². The van der Waals surface area contributed by atoms with Gasteiger partial charge < -0.3 is 5.11 Å². The maximum Gasteiger partial charge on any atom is 0.417 e. The number of amides is 4. The van der Waals surface area contributed by atoms with Gasteiger partial charge >= 0.3 is 6.18 Å². The Kier molecular flexibility index (Phi) is 8.87. The fourth-order valence-corrected chi connectivity index (χ4v) is 9.57. The van der Waals surface area contributed by atoms with Gasteiger partial charge in [0.05, 0.1) is 39.4 Å². The number of phenolic OH excluding ortho intramolecular Hbond substituents is 1. The van der Waals surface area contributed by atoms with Gasteiger partial charge in [-0.05, 0) is 85.0 Å².